The van der Waals surface area contributed by atoms with Crippen molar-refractivity contribution in [3.8, 4) is 0 Å². The van der Waals surface area contributed by atoms with E-state index in [1.807, 2.05) is 12.1 Å². The number of carbonyl (C=O) groups excluding carboxylic acids is 2. The Hall–Kier alpha value is -2.25. The molecular weight excluding hydrogens is 395 g/mol. The van der Waals surface area contributed by atoms with E-state index in [2.05, 4.69) is 26.6 Å². The summed E-state index contributed by atoms with van der Waals surface area (Å²) in [7, 11) is 0. The summed E-state index contributed by atoms with van der Waals surface area (Å²) in [4.78, 5) is 24.5. The Bertz CT molecular complexity index is 926. The molecule has 0 aliphatic rings. The van der Waals surface area contributed by atoms with Crippen LogP contribution < -0.4 is 10.6 Å². The molecule has 2 amide bonds. The molecule has 0 spiro atoms. The van der Waals surface area contributed by atoms with Crippen molar-refractivity contribution in [3.63, 3.8) is 0 Å². The summed E-state index contributed by atoms with van der Waals surface area (Å²) >= 11 is 4.59. The first-order valence-corrected chi connectivity index (χ1v) is 8.65. The maximum atomic E-state index is 13.2. The molecule has 2 N–H and O–H groups in total. The molecule has 2 aromatic carbocycles. The maximum absolute atomic E-state index is 13.2. The molecule has 1 aromatic heterocycles. The zero-order chi connectivity index (χ0) is 17.1. The SMILES string of the molecule is O=C(CNC(=O)c1cc2cc(F)ccc2s1)Nc1ccccc1Br. The van der Waals surface area contributed by atoms with Crippen LogP contribution in [0.1, 0.15) is 9.67 Å². The van der Waals surface area contributed by atoms with E-state index in [0.29, 0.717) is 16.0 Å². The summed E-state index contributed by atoms with van der Waals surface area (Å²) in [5, 5.41) is 5.94. The maximum Gasteiger partial charge on any atom is 0.261 e. The third-order valence-electron chi connectivity index (χ3n) is 3.26. The van der Waals surface area contributed by atoms with Crippen LogP contribution in [0.15, 0.2) is 53.0 Å². The van der Waals surface area contributed by atoms with E-state index in [4.69, 9.17) is 0 Å². The van der Waals surface area contributed by atoms with Crippen LogP contribution in [0.3, 0.4) is 0 Å². The lowest BCUT2D eigenvalue weighted by atomic mass is 10.2. The van der Waals surface area contributed by atoms with Crippen LogP contribution in [0, 0.1) is 5.82 Å². The highest BCUT2D eigenvalue weighted by molar-refractivity contribution is 9.10. The van der Waals surface area contributed by atoms with Gasteiger partial charge in [0.05, 0.1) is 17.1 Å². The minimum Gasteiger partial charge on any atom is -0.342 e. The average molecular weight is 407 g/mol. The average Bonchev–Trinajstić information content (AvgIpc) is 2.98. The second-order valence-corrected chi connectivity index (χ2v) is 6.94. The van der Waals surface area contributed by atoms with Gasteiger partial charge in [-0.1, -0.05) is 12.1 Å². The molecule has 24 heavy (non-hydrogen) atoms. The lowest BCUT2D eigenvalue weighted by Crippen LogP contribution is -2.32. The second kappa shape index (κ2) is 7.11. The lowest BCUT2D eigenvalue weighted by Gasteiger charge is -2.07. The molecule has 3 aromatic rings. The van der Waals surface area contributed by atoms with Gasteiger partial charge in [-0.25, -0.2) is 4.39 Å². The molecule has 0 fully saturated rings. The number of halogens is 2. The molecule has 7 heteroatoms. The third kappa shape index (κ3) is 3.80. The van der Waals surface area contributed by atoms with Gasteiger partial charge < -0.3 is 10.6 Å². The summed E-state index contributed by atoms with van der Waals surface area (Å²) in [6.07, 6.45) is 0. The first kappa shape index (κ1) is 16.6. The number of hydrogen-bond acceptors (Lipinski definition) is 3. The molecule has 1 heterocycles. The van der Waals surface area contributed by atoms with E-state index in [1.54, 1.807) is 24.3 Å². The van der Waals surface area contributed by atoms with E-state index in [1.165, 1.54) is 23.5 Å². The summed E-state index contributed by atoms with van der Waals surface area (Å²) in [5.41, 5.74) is 0.633. The van der Waals surface area contributed by atoms with Crippen molar-refractivity contribution in [1.29, 1.82) is 0 Å². The van der Waals surface area contributed by atoms with Crippen molar-refractivity contribution in [2.24, 2.45) is 0 Å². The first-order chi connectivity index (χ1) is 11.5. The Morgan fingerprint density at radius 3 is 2.71 bits per heavy atom. The number of anilines is 1. The normalized spacial score (nSPS) is 10.6. The molecule has 0 aliphatic carbocycles. The van der Waals surface area contributed by atoms with Gasteiger partial charge >= 0.3 is 0 Å². The predicted octanol–water partition coefficient (Wildman–Crippen LogP) is 4.17. The fourth-order valence-corrected chi connectivity index (χ4v) is 3.47. The standard InChI is InChI=1S/C17H12BrFN2O2S/c18-12-3-1-2-4-13(12)21-16(22)9-20-17(23)15-8-10-7-11(19)5-6-14(10)24-15/h1-8H,9H2,(H,20,23)(H,21,22). The molecule has 0 saturated carbocycles. The van der Waals surface area contributed by atoms with E-state index in [-0.39, 0.29) is 24.2 Å². The first-order valence-electron chi connectivity index (χ1n) is 7.04. The second-order valence-electron chi connectivity index (χ2n) is 5.00. The van der Waals surface area contributed by atoms with Crippen molar-refractivity contribution in [3.05, 3.63) is 63.7 Å². The van der Waals surface area contributed by atoms with Gasteiger partial charge in [0, 0.05) is 9.17 Å². The summed E-state index contributed by atoms with van der Waals surface area (Å²) < 4.78 is 14.8. The Kier molecular flexibility index (Phi) is 4.92. The van der Waals surface area contributed by atoms with Gasteiger partial charge in [0.1, 0.15) is 5.82 Å². The molecule has 0 saturated heterocycles. The van der Waals surface area contributed by atoms with Crippen LogP contribution in [0.5, 0.6) is 0 Å². The van der Waals surface area contributed by atoms with Crippen LogP contribution in [0.25, 0.3) is 10.1 Å². The van der Waals surface area contributed by atoms with Crippen molar-refractivity contribution in [2.45, 2.75) is 0 Å². The fourth-order valence-electron chi connectivity index (χ4n) is 2.13. The smallest absolute Gasteiger partial charge is 0.261 e. The highest BCUT2D eigenvalue weighted by atomic mass is 79.9. The van der Waals surface area contributed by atoms with E-state index in [9.17, 15) is 14.0 Å². The molecule has 0 bridgehead atoms. The monoisotopic (exact) mass is 406 g/mol. The molecule has 0 aliphatic heterocycles. The van der Waals surface area contributed by atoms with E-state index < -0.39 is 0 Å². The number of nitrogens with one attached hydrogen (secondary N) is 2. The van der Waals surface area contributed by atoms with Gasteiger partial charge in [0.25, 0.3) is 5.91 Å². The predicted molar refractivity (Wildman–Crippen MR) is 96.9 cm³/mol. The molecule has 4 nitrogen and oxygen atoms in total. The highest BCUT2D eigenvalue weighted by Gasteiger charge is 2.12. The van der Waals surface area contributed by atoms with Crippen molar-refractivity contribution in [2.75, 3.05) is 11.9 Å². The Morgan fingerprint density at radius 1 is 1.12 bits per heavy atom. The Morgan fingerprint density at radius 2 is 1.92 bits per heavy atom. The molecule has 122 valence electrons. The zero-order valence-electron chi connectivity index (χ0n) is 12.3. The Balaban J connectivity index is 1.62. The van der Waals surface area contributed by atoms with Gasteiger partial charge in [-0.05, 0) is 57.7 Å². The van der Waals surface area contributed by atoms with Gasteiger partial charge in [0.2, 0.25) is 5.91 Å². The largest absolute Gasteiger partial charge is 0.342 e. The molecule has 0 atom stereocenters. The minimum atomic E-state index is -0.362. The van der Waals surface area contributed by atoms with Crippen molar-refractivity contribution >= 4 is 54.9 Å². The van der Waals surface area contributed by atoms with Gasteiger partial charge in [-0.2, -0.15) is 0 Å². The number of amides is 2. The van der Waals surface area contributed by atoms with Gasteiger partial charge in [-0.15, -0.1) is 11.3 Å². The number of para-hydroxylation sites is 1. The van der Waals surface area contributed by atoms with Crippen LogP contribution in [-0.4, -0.2) is 18.4 Å². The van der Waals surface area contributed by atoms with Crippen LogP contribution in [-0.2, 0) is 4.79 Å². The fraction of sp³-hybridized carbons (Fsp3) is 0.0588. The Labute approximate surface area is 149 Å². The quantitative estimate of drug-likeness (QED) is 0.682. The summed E-state index contributed by atoms with van der Waals surface area (Å²) in [6.45, 7) is -0.150. The van der Waals surface area contributed by atoms with Gasteiger partial charge in [0.15, 0.2) is 0 Å². The molecular formula is C17H12BrFN2O2S. The molecule has 0 radical (unpaired) electrons. The van der Waals surface area contributed by atoms with E-state index in [0.717, 1.165) is 9.17 Å². The van der Waals surface area contributed by atoms with Crippen molar-refractivity contribution < 1.29 is 14.0 Å². The highest BCUT2D eigenvalue weighted by Crippen LogP contribution is 2.26. The summed E-state index contributed by atoms with van der Waals surface area (Å²) in [5.74, 6) is -1.04. The topological polar surface area (TPSA) is 58.2 Å². The number of thiophene rings is 1. The lowest BCUT2D eigenvalue weighted by molar-refractivity contribution is -0.115. The summed E-state index contributed by atoms with van der Waals surface area (Å²) in [6, 6.07) is 13.2. The van der Waals surface area contributed by atoms with Crippen LogP contribution >= 0.6 is 27.3 Å². The number of hydrogen-bond donors (Lipinski definition) is 2. The minimum absolute atomic E-state index is 0.150. The van der Waals surface area contributed by atoms with Crippen molar-refractivity contribution in [1.82, 2.24) is 5.32 Å². The van der Waals surface area contributed by atoms with Gasteiger partial charge in [-0.3, -0.25) is 9.59 Å². The number of carbonyl (C=O) groups is 2. The third-order valence-corrected chi connectivity index (χ3v) is 5.07. The van der Waals surface area contributed by atoms with E-state index >= 15 is 0 Å². The molecule has 3 rings (SSSR count). The van der Waals surface area contributed by atoms with Crippen LogP contribution in [0.2, 0.25) is 0 Å². The van der Waals surface area contributed by atoms with Crippen LogP contribution in [0.4, 0.5) is 10.1 Å². The number of rotatable bonds is 4. The molecule has 0 unspecified atom stereocenters. The number of benzene rings is 2. The zero-order valence-corrected chi connectivity index (χ0v) is 14.7. The number of fused-ring (bicyclic) bond motifs is 1.